The highest BCUT2D eigenvalue weighted by Crippen LogP contribution is 2.29. The molecule has 3 N–H and O–H groups in total. The number of H-pyrrole nitrogens is 1. The Kier molecular flexibility index (Phi) is 6.46. The van der Waals surface area contributed by atoms with Gasteiger partial charge in [-0.25, -0.2) is 9.37 Å². The number of carbonyl (C=O) groups is 2. The van der Waals surface area contributed by atoms with Crippen LogP contribution in [0, 0.1) is 5.82 Å². The maximum atomic E-state index is 13.4. The number of benzene rings is 1. The van der Waals surface area contributed by atoms with E-state index in [0.29, 0.717) is 18.5 Å². The Morgan fingerprint density at radius 1 is 1.43 bits per heavy atom. The van der Waals surface area contributed by atoms with Crippen molar-refractivity contribution in [2.24, 2.45) is 0 Å². The fourth-order valence-corrected chi connectivity index (χ4v) is 3.56. The van der Waals surface area contributed by atoms with Crippen LogP contribution in [0.1, 0.15) is 53.2 Å². The lowest BCUT2D eigenvalue weighted by Crippen LogP contribution is -2.34. The van der Waals surface area contributed by atoms with Crippen molar-refractivity contribution in [3.8, 4) is 5.75 Å². The lowest BCUT2D eigenvalue weighted by Gasteiger charge is -2.23. The van der Waals surface area contributed by atoms with Crippen LogP contribution in [0.25, 0.3) is 0 Å². The van der Waals surface area contributed by atoms with Crippen molar-refractivity contribution in [3.63, 3.8) is 0 Å². The summed E-state index contributed by atoms with van der Waals surface area (Å²) in [5.41, 5.74) is -0.494. The molecular weight excluding hydrogens is 395 g/mol. The first kappa shape index (κ1) is 21.4. The summed E-state index contributed by atoms with van der Waals surface area (Å²) in [5, 5.41) is 12.2. The predicted molar refractivity (Wildman–Crippen MR) is 104 cm³/mol. The Bertz CT molecular complexity index is 1020. The van der Waals surface area contributed by atoms with Crippen LogP contribution in [-0.2, 0) is 17.9 Å². The van der Waals surface area contributed by atoms with E-state index in [1.807, 2.05) is 0 Å². The molecule has 9 nitrogen and oxygen atoms in total. The Morgan fingerprint density at radius 2 is 2.20 bits per heavy atom. The number of aromatic amines is 1. The molecular formula is C20H23FN4O5. The molecule has 1 aliphatic heterocycles. The van der Waals surface area contributed by atoms with Gasteiger partial charge in [-0.3, -0.25) is 14.4 Å². The fraction of sp³-hybridized carbons (Fsp3) is 0.400. The Balaban J connectivity index is 1.89. The number of nitrogens with one attached hydrogen (secondary N) is 2. The van der Waals surface area contributed by atoms with Crippen molar-refractivity contribution in [1.29, 1.82) is 0 Å². The van der Waals surface area contributed by atoms with Crippen LogP contribution in [0.5, 0.6) is 5.75 Å². The number of rotatable bonds is 6. The number of ether oxygens (including phenoxy) is 1. The predicted octanol–water partition coefficient (Wildman–Crippen LogP) is 1.02. The maximum absolute atomic E-state index is 13.4. The summed E-state index contributed by atoms with van der Waals surface area (Å²) in [4.78, 5) is 45.5. The number of nitrogens with zero attached hydrogens (tertiary/aromatic N) is 2. The van der Waals surface area contributed by atoms with Crippen molar-refractivity contribution >= 4 is 11.8 Å². The van der Waals surface area contributed by atoms with Crippen molar-refractivity contribution in [3.05, 3.63) is 57.0 Å². The standard InChI is InChI=1S/C20H23FN4O5/c1-11(27)25-7-3-4-15(25)18-23-17(14(10-26)19(28)24-18)20(29)22-9-12-5-6-13(21)8-16(12)30-2/h5-6,8,15,26H,3-4,7,9-10H2,1-2H3,(H,22,29)(H,23,24,28). The fourth-order valence-electron chi connectivity index (χ4n) is 3.56. The Morgan fingerprint density at radius 3 is 2.87 bits per heavy atom. The number of carbonyl (C=O) groups excluding carboxylic acids is 2. The molecule has 1 saturated heterocycles. The van der Waals surface area contributed by atoms with Gasteiger partial charge in [-0.1, -0.05) is 6.07 Å². The first-order chi connectivity index (χ1) is 14.3. The van der Waals surface area contributed by atoms with E-state index in [9.17, 15) is 23.9 Å². The van der Waals surface area contributed by atoms with E-state index in [-0.39, 0.29) is 35.3 Å². The average Bonchev–Trinajstić information content (AvgIpc) is 3.22. The van der Waals surface area contributed by atoms with Crippen LogP contribution in [0.2, 0.25) is 0 Å². The zero-order chi connectivity index (χ0) is 21.8. The average molecular weight is 418 g/mol. The van der Waals surface area contributed by atoms with Crippen molar-refractivity contribution in [2.45, 2.75) is 39.0 Å². The molecule has 0 spiro atoms. The molecule has 1 aromatic heterocycles. The quantitative estimate of drug-likeness (QED) is 0.643. The molecule has 0 aliphatic carbocycles. The molecule has 2 aromatic rings. The van der Waals surface area contributed by atoms with Crippen molar-refractivity contribution < 1.29 is 23.8 Å². The second-order valence-corrected chi connectivity index (χ2v) is 6.95. The highest BCUT2D eigenvalue weighted by Gasteiger charge is 2.31. The monoisotopic (exact) mass is 418 g/mol. The third-order valence-electron chi connectivity index (χ3n) is 5.07. The molecule has 30 heavy (non-hydrogen) atoms. The van der Waals surface area contributed by atoms with Gasteiger partial charge in [0.1, 0.15) is 23.1 Å². The maximum Gasteiger partial charge on any atom is 0.270 e. The number of aliphatic hydroxyl groups is 1. The molecule has 1 aromatic carbocycles. The number of hydrogen-bond acceptors (Lipinski definition) is 6. The second-order valence-electron chi connectivity index (χ2n) is 6.95. The first-order valence-electron chi connectivity index (χ1n) is 9.47. The molecule has 0 radical (unpaired) electrons. The van der Waals surface area contributed by atoms with Gasteiger partial charge in [0.2, 0.25) is 5.91 Å². The minimum absolute atomic E-state index is 0.0000326. The van der Waals surface area contributed by atoms with E-state index >= 15 is 0 Å². The van der Waals surface area contributed by atoms with Crippen LogP contribution < -0.4 is 15.6 Å². The van der Waals surface area contributed by atoms with Gasteiger partial charge in [-0.05, 0) is 18.9 Å². The van der Waals surface area contributed by atoms with Crippen LogP contribution in [-0.4, -0.2) is 45.4 Å². The van der Waals surface area contributed by atoms with Crippen LogP contribution in [0.3, 0.4) is 0 Å². The van der Waals surface area contributed by atoms with Gasteiger partial charge in [-0.2, -0.15) is 0 Å². The molecule has 3 rings (SSSR count). The van der Waals surface area contributed by atoms with Gasteiger partial charge in [-0.15, -0.1) is 0 Å². The molecule has 1 atom stereocenters. The van der Waals surface area contributed by atoms with E-state index in [4.69, 9.17) is 4.74 Å². The summed E-state index contributed by atoms with van der Waals surface area (Å²) in [6, 6.07) is 3.47. The highest BCUT2D eigenvalue weighted by molar-refractivity contribution is 5.93. The summed E-state index contributed by atoms with van der Waals surface area (Å²) < 4.78 is 18.5. The number of halogens is 1. The van der Waals surface area contributed by atoms with E-state index in [1.165, 1.54) is 32.2 Å². The zero-order valence-corrected chi connectivity index (χ0v) is 16.7. The smallest absolute Gasteiger partial charge is 0.270 e. The van der Waals surface area contributed by atoms with E-state index in [2.05, 4.69) is 15.3 Å². The molecule has 1 aliphatic rings. The number of aliphatic hydroxyl groups excluding tert-OH is 1. The lowest BCUT2D eigenvalue weighted by molar-refractivity contribution is -0.129. The second kappa shape index (κ2) is 9.04. The van der Waals surface area contributed by atoms with Gasteiger partial charge in [0.15, 0.2) is 0 Å². The third-order valence-corrected chi connectivity index (χ3v) is 5.07. The zero-order valence-electron chi connectivity index (χ0n) is 16.7. The van der Waals surface area contributed by atoms with Crippen LogP contribution in [0.4, 0.5) is 4.39 Å². The van der Waals surface area contributed by atoms with Crippen LogP contribution >= 0.6 is 0 Å². The minimum Gasteiger partial charge on any atom is -0.496 e. The van der Waals surface area contributed by atoms with Gasteiger partial charge in [0.05, 0.1) is 25.3 Å². The molecule has 10 heteroatoms. The molecule has 1 fully saturated rings. The molecule has 160 valence electrons. The molecule has 1 unspecified atom stereocenters. The summed E-state index contributed by atoms with van der Waals surface area (Å²) in [5.74, 6) is -0.836. The van der Waals surface area contributed by atoms with Gasteiger partial charge in [0, 0.05) is 31.6 Å². The third kappa shape index (κ3) is 4.33. The number of methoxy groups -OCH3 is 1. The number of hydrogen-bond donors (Lipinski definition) is 3. The normalized spacial score (nSPS) is 15.9. The molecule has 0 bridgehead atoms. The number of amides is 2. The summed E-state index contributed by atoms with van der Waals surface area (Å²) >= 11 is 0. The van der Waals surface area contributed by atoms with Gasteiger partial charge >= 0.3 is 0 Å². The minimum atomic E-state index is -0.676. The van der Waals surface area contributed by atoms with Crippen molar-refractivity contribution in [2.75, 3.05) is 13.7 Å². The van der Waals surface area contributed by atoms with Gasteiger partial charge < -0.3 is 25.0 Å². The Labute approximate surface area is 171 Å². The lowest BCUT2D eigenvalue weighted by atomic mass is 10.1. The molecule has 0 saturated carbocycles. The Hall–Kier alpha value is -3.27. The van der Waals surface area contributed by atoms with E-state index in [0.717, 1.165) is 6.42 Å². The molecule has 2 heterocycles. The molecule has 2 amide bonds. The number of aromatic nitrogens is 2. The largest absolute Gasteiger partial charge is 0.496 e. The van der Waals surface area contributed by atoms with Crippen molar-refractivity contribution in [1.82, 2.24) is 20.2 Å². The summed E-state index contributed by atoms with van der Waals surface area (Å²) in [7, 11) is 1.39. The summed E-state index contributed by atoms with van der Waals surface area (Å²) in [6.45, 7) is 1.30. The van der Waals surface area contributed by atoms with Gasteiger partial charge in [0.25, 0.3) is 11.5 Å². The number of likely N-dealkylation sites (tertiary alicyclic amines) is 1. The first-order valence-corrected chi connectivity index (χ1v) is 9.47. The van der Waals surface area contributed by atoms with E-state index < -0.39 is 29.9 Å². The SMILES string of the molecule is COc1cc(F)ccc1CNC(=O)c1nc(C2CCCN2C(C)=O)[nH]c(=O)c1CO. The summed E-state index contributed by atoms with van der Waals surface area (Å²) in [6.07, 6.45) is 1.36. The van der Waals surface area contributed by atoms with E-state index in [1.54, 1.807) is 4.90 Å². The van der Waals surface area contributed by atoms with Crippen LogP contribution in [0.15, 0.2) is 23.0 Å². The topological polar surface area (TPSA) is 125 Å². The highest BCUT2D eigenvalue weighted by atomic mass is 19.1.